The molecule has 1 aliphatic heterocycles. The summed E-state index contributed by atoms with van der Waals surface area (Å²) in [5.41, 5.74) is 3.94. The Morgan fingerprint density at radius 1 is 0.923 bits per heavy atom. The van der Waals surface area contributed by atoms with Gasteiger partial charge in [-0.2, -0.15) is 0 Å². The quantitative estimate of drug-likeness (QED) is 0.651. The lowest BCUT2D eigenvalue weighted by Crippen LogP contribution is -2.47. The van der Waals surface area contributed by atoms with E-state index in [4.69, 9.17) is 0 Å². The molecule has 0 spiro atoms. The van der Waals surface area contributed by atoms with Gasteiger partial charge in [0.25, 0.3) is 0 Å². The fraction of sp³-hybridized carbons (Fsp3) is 0.739. The number of benzene rings is 1. The molecule has 1 saturated carbocycles. The Morgan fingerprint density at radius 2 is 1.46 bits per heavy atom. The van der Waals surface area contributed by atoms with Gasteiger partial charge < -0.3 is 4.90 Å². The van der Waals surface area contributed by atoms with E-state index in [1.54, 1.807) is 5.56 Å². The van der Waals surface area contributed by atoms with Crippen LogP contribution in [0.5, 0.6) is 0 Å². The first kappa shape index (κ1) is 21.6. The van der Waals surface area contributed by atoms with Crippen molar-refractivity contribution in [2.45, 2.75) is 60.3 Å². The van der Waals surface area contributed by atoms with Gasteiger partial charge in [0.1, 0.15) is 0 Å². The molecule has 0 atom stereocenters. The van der Waals surface area contributed by atoms with Crippen LogP contribution in [0.15, 0.2) is 24.3 Å². The van der Waals surface area contributed by atoms with E-state index in [0.29, 0.717) is 16.7 Å². The summed E-state index contributed by atoms with van der Waals surface area (Å²) in [4.78, 5) is 5.27. The van der Waals surface area contributed by atoms with Gasteiger partial charge in [0.05, 0.1) is 0 Å². The van der Waals surface area contributed by atoms with E-state index in [1.165, 1.54) is 51.3 Å². The monoisotopic (exact) mass is 378 g/mol. The number of hydrogen-bond donors (Lipinski definition) is 0. The van der Waals surface area contributed by atoms with Crippen LogP contribution in [0, 0.1) is 16.7 Å². The molecule has 1 heterocycles. The standard InChI is InChI=1S/C23H38N2.ClH/c1-18(2)17-24-11-13-25(14-12-24)21-10-8-7-9-20(21)19-15-22(3,4)23(5,6)16-19;/h7-10,18-19H,11-17H2,1-6H3;1H. The molecule has 0 amide bonds. The average molecular weight is 379 g/mol. The summed E-state index contributed by atoms with van der Waals surface area (Å²) in [7, 11) is 0. The predicted octanol–water partition coefficient (Wildman–Crippen LogP) is 5.82. The summed E-state index contributed by atoms with van der Waals surface area (Å²) in [5.74, 6) is 1.47. The Hall–Kier alpha value is -0.730. The second kappa shape index (κ2) is 8.10. The van der Waals surface area contributed by atoms with Crippen LogP contribution in [0.2, 0.25) is 0 Å². The van der Waals surface area contributed by atoms with Gasteiger partial charge in [-0.25, -0.2) is 0 Å². The zero-order chi connectivity index (χ0) is 18.2. The van der Waals surface area contributed by atoms with Crippen molar-refractivity contribution < 1.29 is 0 Å². The molecule has 0 unspecified atom stereocenters. The summed E-state index contributed by atoms with van der Waals surface area (Å²) in [6.07, 6.45) is 2.62. The van der Waals surface area contributed by atoms with E-state index < -0.39 is 0 Å². The van der Waals surface area contributed by atoms with Gasteiger partial charge in [-0.1, -0.05) is 59.7 Å². The van der Waals surface area contributed by atoms with Gasteiger partial charge in [-0.05, 0) is 47.1 Å². The molecule has 0 aromatic heterocycles. The van der Waals surface area contributed by atoms with Crippen LogP contribution in [0.1, 0.15) is 65.9 Å². The van der Waals surface area contributed by atoms with Gasteiger partial charge in [-0.15, -0.1) is 12.4 Å². The number of halogens is 1. The third-order valence-corrected chi connectivity index (χ3v) is 7.06. The second-order valence-electron chi connectivity index (χ2n) is 10.1. The van der Waals surface area contributed by atoms with Crippen LogP contribution in [0.3, 0.4) is 0 Å². The molecule has 1 aliphatic carbocycles. The lowest BCUT2D eigenvalue weighted by Gasteiger charge is -2.38. The van der Waals surface area contributed by atoms with E-state index in [1.807, 2.05) is 0 Å². The highest BCUT2D eigenvalue weighted by atomic mass is 35.5. The van der Waals surface area contributed by atoms with Crippen molar-refractivity contribution in [3.63, 3.8) is 0 Å². The number of para-hydroxylation sites is 1. The van der Waals surface area contributed by atoms with Crippen molar-refractivity contribution in [1.29, 1.82) is 0 Å². The molecule has 0 bridgehead atoms. The van der Waals surface area contributed by atoms with Gasteiger partial charge in [-0.3, -0.25) is 4.90 Å². The number of nitrogens with zero attached hydrogens (tertiary/aromatic N) is 2. The summed E-state index contributed by atoms with van der Waals surface area (Å²) in [6, 6.07) is 9.24. The molecule has 1 aromatic rings. The topological polar surface area (TPSA) is 6.48 Å². The molecule has 3 heteroatoms. The lowest BCUT2D eigenvalue weighted by molar-refractivity contribution is 0.157. The average Bonchev–Trinajstić information content (AvgIpc) is 2.75. The molecular weight excluding hydrogens is 340 g/mol. The Labute approximate surface area is 167 Å². The van der Waals surface area contributed by atoms with Gasteiger partial charge in [0, 0.05) is 38.4 Å². The Balaban J connectivity index is 0.00000243. The van der Waals surface area contributed by atoms with Gasteiger partial charge in [0.15, 0.2) is 0 Å². The molecule has 2 aliphatic rings. The highest BCUT2D eigenvalue weighted by Gasteiger charge is 2.47. The van der Waals surface area contributed by atoms with Crippen molar-refractivity contribution in [3.05, 3.63) is 29.8 Å². The van der Waals surface area contributed by atoms with E-state index in [0.717, 1.165) is 5.92 Å². The maximum absolute atomic E-state index is 2.64. The third kappa shape index (κ3) is 4.39. The Bertz CT molecular complexity index is 570. The van der Waals surface area contributed by atoms with Gasteiger partial charge in [0.2, 0.25) is 0 Å². The van der Waals surface area contributed by atoms with Crippen molar-refractivity contribution in [2.24, 2.45) is 16.7 Å². The van der Waals surface area contributed by atoms with E-state index in [-0.39, 0.29) is 12.4 Å². The number of rotatable bonds is 4. The number of hydrogen-bond acceptors (Lipinski definition) is 2. The molecule has 148 valence electrons. The fourth-order valence-corrected chi connectivity index (χ4v) is 4.89. The van der Waals surface area contributed by atoms with Crippen molar-refractivity contribution >= 4 is 18.1 Å². The Morgan fingerprint density at radius 3 is 2.00 bits per heavy atom. The van der Waals surface area contributed by atoms with Crippen LogP contribution >= 0.6 is 12.4 Å². The van der Waals surface area contributed by atoms with Gasteiger partial charge >= 0.3 is 0 Å². The molecule has 0 radical (unpaired) electrons. The van der Waals surface area contributed by atoms with E-state index in [9.17, 15) is 0 Å². The summed E-state index contributed by atoms with van der Waals surface area (Å²) in [6.45, 7) is 20.5. The van der Waals surface area contributed by atoms with Crippen LogP contribution in [-0.2, 0) is 0 Å². The smallest absolute Gasteiger partial charge is 0.0402 e. The molecular formula is C23H39ClN2. The molecule has 0 N–H and O–H groups in total. The summed E-state index contributed by atoms with van der Waals surface area (Å²) >= 11 is 0. The van der Waals surface area contributed by atoms with E-state index >= 15 is 0 Å². The molecule has 3 rings (SSSR count). The van der Waals surface area contributed by atoms with Crippen LogP contribution < -0.4 is 4.90 Å². The van der Waals surface area contributed by atoms with Crippen LogP contribution in [0.25, 0.3) is 0 Å². The number of piperazine rings is 1. The predicted molar refractivity (Wildman–Crippen MR) is 117 cm³/mol. The summed E-state index contributed by atoms with van der Waals surface area (Å²) < 4.78 is 0. The largest absolute Gasteiger partial charge is 0.369 e. The maximum Gasteiger partial charge on any atom is 0.0402 e. The minimum Gasteiger partial charge on any atom is -0.369 e. The highest BCUT2D eigenvalue weighted by molar-refractivity contribution is 5.85. The zero-order valence-electron chi connectivity index (χ0n) is 17.7. The summed E-state index contributed by atoms with van der Waals surface area (Å²) in [5, 5.41) is 0. The molecule has 1 saturated heterocycles. The molecule has 2 nitrogen and oxygen atoms in total. The van der Waals surface area contributed by atoms with Crippen molar-refractivity contribution in [2.75, 3.05) is 37.6 Å². The Kier molecular flexibility index (Phi) is 6.72. The lowest BCUT2D eigenvalue weighted by atomic mass is 9.71. The molecule has 1 aromatic carbocycles. The van der Waals surface area contributed by atoms with E-state index in [2.05, 4.69) is 75.6 Å². The first-order chi connectivity index (χ1) is 11.7. The third-order valence-electron chi connectivity index (χ3n) is 7.06. The van der Waals surface area contributed by atoms with Crippen molar-refractivity contribution in [3.8, 4) is 0 Å². The fourth-order valence-electron chi connectivity index (χ4n) is 4.89. The highest BCUT2D eigenvalue weighted by Crippen LogP contribution is 2.58. The normalized spacial score (nSPS) is 23.3. The SMILES string of the molecule is CC(C)CN1CCN(c2ccccc2C2CC(C)(C)C(C)(C)C2)CC1.Cl. The number of anilines is 1. The first-order valence-electron chi connectivity index (χ1n) is 10.3. The minimum absolute atomic E-state index is 0. The minimum atomic E-state index is 0. The molecule has 2 fully saturated rings. The zero-order valence-corrected chi connectivity index (χ0v) is 18.5. The second-order valence-corrected chi connectivity index (χ2v) is 10.1. The van der Waals surface area contributed by atoms with Crippen LogP contribution in [-0.4, -0.2) is 37.6 Å². The van der Waals surface area contributed by atoms with Crippen molar-refractivity contribution in [1.82, 2.24) is 4.90 Å². The molecule has 26 heavy (non-hydrogen) atoms. The van der Waals surface area contributed by atoms with Crippen LogP contribution in [0.4, 0.5) is 5.69 Å². The maximum atomic E-state index is 2.64. The first-order valence-corrected chi connectivity index (χ1v) is 10.3.